The fraction of sp³-hybridized carbons (Fsp3) is 0.667. The van der Waals surface area contributed by atoms with Gasteiger partial charge in [0.1, 0.15) is 0 Å². The van der Waals surface area contributed by atoms with Crippen molar-refractivity contribution in [3.63, 3.8) is 0 Å². The van der Waals surface area contributed by atoms with Crippen molar-refractivity contribution in [1.82, 2.24) is 5.32 Å². The van der Waals surface area contributed by atoms with Crippen molar-refractivity contribution in [3.05, 3.63) is 21.9 Å². The lowest BCUT2D eigenvalue weighted by Crippen LogP contribution is -2.45. The van der Waals surface area contributed by atoms with E-state index in [0.29, 0.717) is 0 Å². The maximum atomic E-state index is 6.14. The van der Waals surface area contributed by atoms with Crippen LogP contribution in [0.1, 0.15) is 37.8 Å². The molecule has 0 spiro atoms. The molecule has 0 saturated heterocycles. The van der Waals surface area contributed by atoms with Crippen LogP contribution in [0, 0.1) is 6.92 Å². The summed E-state index contributed by atoms with van der Waals surface area (Å²) >= 11 is 1.76. The Balaban J connectivity index is 2.30. The Morgan fingerprint density at radius 3 is 2.73 bits per heavy atom. The van der Waals surface area contributed by atoms with E-state index >= 15 is 0 Å². The molecule has 0 bridgehead atoms. The number of thiophene rings is 1. The molecule has 1 rings (SSSR count). The summed E-state index contributed by atoms with van der Waals surface area (Å²) in [6.07, 6.45) is 2.22. The van der Waals surface area contributed by atoms with Gasteiger partial charge in [0.15, 0.2) is 0 Å². The van der Waals surface area contributed by atoms with Crippen LogP contribution in [0.15, 0.2) is 10.8 Å². The summed E-state index contributed by atoms with van der Waals surface area (Å²) in [7, 11) is 0. The third-order valence-corrected chi connectivity index (χ3v) is 3.54. The van der Waals surface area contributed by atoms with Gasteiger partial charge in [0.05, 0.1) is 0 Å². The van der Waals surface area contributed by atoms with Crippen molar-refractivity contribution in [3.8, 4) is 0 Å². The molecule has 3 N–H and O–H groups in total. The molecule has 2 nitrogen and oxygen atoms in total. The van der Waals surface area contributed by atoms with E-state index in [2.05, 4.69) is 36.8 Å². The lowest BCUT2D eigenvalue weighted by atomic mass is 9.97. The second kappa shape index (κ2) is 5.64. The molecule has 3 heteroatoms. The zero-order chi connectivity index (χ0) is 11.3. The average molecular weight is 226 g/mol. The largest absolute Gasteiger partial charge is 0.324 e. The smallest absolute Gasteiger partial charge is 0.0252 e. The third kappa shape index (κ3) is 4.33. The van der Waals surface area contributed by atoms with Gasteiger partial charge in [-0.3, -0.25) is 0 Å². The van der Waals surface area contributed by atoms with Crippen molar-refractivity contribution in [2.45, 2.75) is 45.7 Å². The molecule has 0 fully saturated rings. The number of aryl methyl sites for hydroxylation is 1. The minimum atomic E-state index is -0.0708. The van der Waals surface area contributed by atoms with E-state index in [9.17, 15) is 0 Å². The van der Waals surface area contributed by atoms with E-state index in [1.54, 1.807) is 11.3 Å². The first-order chi connectivity index (χ1) is 7.05. The summed E-state index contributed by atoms with van der Waals surface area (Å²) in [5, 5.41) is 7.82. The Morgan fingerprint density at radius 2 is 2.20 bits per heavy atom. The van der Waals surface area contributed by atoms with Crippen LogP contribution in [0.25, 0.3) is 0 Å². The highest BCUT2D eigenvalue weighted by molar-refractivity contribution is 7.08. The highest BCUT2D eigenvalue weighted by Crippen LogP contribution is 2.13. The molecule has 0 radical (unpaired) electrons. The van der Waals surface area contributed by atoms with Gasteiger partial charge >= 0.3 is 0 Å². The lowest BCUT2D eigenvalue weighted by molar-refractivity contribution is 0.396. The molecule has 0 aliphatic heterocycles. The summed E-state index contributed by atoms with van der Waals surface area (Å²) in [4.78, 5) is 0. The van der Waals surface area contributed by atoms with E-state index in [1.807, 2.05) is 0 Å². The van der Waals surface area contributed by atoms with Gasteiger partial charge in [-0.15, -0.1) is 0 Å². The molecular weight excluding hydrogens is 204 g/mol. The van der Waals surface area contributed by atoms with Crippen LogP contribution in [-0.4, -0.2) is 12.1 Å². The van der Waals surface area contributed by atoms with Crippen molar-refractivity contribution < 1.29 is 0 Å². The molecule has 86 valence electrons. The lowest BCUT2D eigenvalue weighted by Gasteiger charge is -2.24. The first-order valence-corrected chi connectivity index (χ1v) is 6.51. The minimum Gasteiger partial charge on any atom is -0.324 e. The van der Waals surface area contributed by atoms with Crippen LogP contribution in [0.2, 0.25) is 0 Å². The van der Waals surface area contributed by atoms with Crippen molar-refractivity contribution in [1.29, 1.82) is 0 Å². The van der Waals surface area contributed by atoms with E-state index < -0.39 is 0 Å². The van der Waals surface area contributed by atoms with Gasteiger partial charge in [0.2, 0.25) is 0 Å². The predicted molar refractivity (Wildman–Crippen MR) is 68.3 cm³/mol. The molecule has 1 atom stereocenters. The Kier molecular flexibility index (Phi) is 4.77. The Bertz CT molecular complexity index is 292. The maximum Gasteiger partial charge on any atom is 0.0252 e. The highest BCUT2D eigenvalue weighted by atomic mass is 32.1. The first kappa shape index (κ1) is 12.7. The predicted octanol–water partition coefficient (Wildman–Crippen LogP) is 2.66. The summed E-state index contributed by atoms with van der Waals surface area (Å²) in [6.45, 7) is 8.27. The second-order valence-electron chi connectivity index (χ2n) is 4.59. The molecule has 0 saturated carbocycles. The highest BCUT2D eigenvalue weighted by Gasteiger charge is 2.16. The number of hydrogen-bond acceptors (Lipinski definition) is 3. The van der Waals surface area contributed by atoms with Crippen LogP contribution in [0.4, 0.5) is 0 Å². The van der Waals surface area contributed by atoms with E-state index in [1.165, 1.54) is 11.1 Å². The third-order valence-electron chi connectivity index (χ3n) is 2.63. The normalized spacial score (nSPS) is 15.2. The van der Waals surface area contributed by atoms with Gasteiger partial charge in [-0.05, 0) is 42.2 Å². The van der Waals surface area contributed by atoms with E-state index in [4.69, 9.17) is 5.73 Å². The fourth-order valence-electron chi connectivity index (χ4n) is 1.71. The molecule has 1 unspecified atom stereocenters. The van der Waals surface area contributed by atoms with Gasteiger partial charge in [-0.25, -0.2) is 0 Å². The minimum absolute atomic E-state index is 0.0708. The molecule has 0 amide bonds. The van der Waals surface area contributed by atoms with Crippen LogP contribution in [0.5, 0.6) is 0 Å². The van der Waals surface area contributed by atoms with Crippen molar-refractivity contribution in [2.24, 2.45) is 5.73 Å². The molecule has 1 aromatic rings. The van der Waals surface area contributed by atoms with Crippen LogP contribution in [-0.2, 0) is 6.54 Å². The second-order valence-corrected chi connectivity index (χ2v) is 5.33. The van der Waals surface area contributed by atoms with Gasteiger partial charge in [-0.1, -0.05) is 13.3 Å². The molecule has 15 heavy (non-hydrogen) atoms. The van der Waals surface area contributed by atoms with Crippen molar-refractivity contribution >= 4 is 11.3 Å². The first-order valence-electron chi connectivity index (χ1n) is 5.56. The topological polar surface area (TPSA) is 38.0 Å². The quantitative estimate of drug-likeness (QED) is 0.782. The zero-order valence-electron chi connectivity index (χ0n) is 9.97. The van der Waals surface area contributed by atoms with Gasteiger partial charge in [-0.2, -0.15) is 11.3 Å². The maximum absolute atomic E-state index is 6.14. The average Bonchev–Trinajstić information content (AvgIpc) is 2.51. The van der Waals surface area contributed by atoms with Gasteiger partial charge < -0.3 is 11.1 Å². The number of nitrogens with two attached hydrogens (primary N) is 1. The molecule has 0 aliphatic rings. The van der Waals surface area contributed by atoms with Gasteiger partial charge in [0.25, 0.3) is 0 Å². The molecule has 0 aliphatic carbocycles. The summed E-state index contributed by atoms with van der Waals surface area (Å²) < 4.78 is 0. The zero-order valence-corrected chi connectivity index (χ0v) is 10.8. The Morgan fingerprint density at radius 1 is 1.47 bits per heavy atom. The van der Waals surface area contributed by atoms with Crippen LogP contribution in [0.3, 0.4) is 0 Å². The van der Waals surface area contributed by atoms with E-state index in [-0.39, 0.29) is 5.54 Å². The summed E-state index contributed by atoms with van der Waals surface area (Å²) in [5.74, 6) is 0. The van der Waals surface area contributed by atoms with Crippen molar-refractivity contribution in [2.75, 3.05) is 6.54 Å². The Labute approximate surface area is 96.9 Å². The fourth-order valence-corrected chi connectivity index (χ4v) is 2.57. The summed E-state index contributed by atoms with van der Waals surface area (Å²) in [5.41, 5.74) is 8.85. The van der Waals surface area contributed by atoms with E-state index in [0.717, 1.165) is 25.9 Å². The standard InChI is InChI=1S/C12H22N2S/c1-4-5-12(3,13)9-14-6-11-8-15-7-10(11)2/h7-8,14H,4-6,9,13H2,1-3H3. The molecule has 1 heterocycles. The number of nitrogens with one attached hydrogen (secondary N) is 1. The molecule has 0 aromatic carbocycles. The molecular formula is C12H22N2S. The number of hydrogen-bond donors (Lipinski definition) is 2. The van der Waals surface area contributed by atoms with Crippen LogP contribution < -0.4 is 11.1 Å². The van der Waals surface area contributed by atoms with Crippen LogP contribution >= 0.6 is 11.3 Å². The SMILES string of the molecule is CCCC(C)(N)CNCc1cscc1C. The molecule has 1 aromatic heterocycles. The summed E-state index contributed by atoms with van der Waals surface area (Å²) in [6, 6.07) is 0. The monoisotopic (exact) mass is 226 g/mol. The Hall–Kier alpha value is -0.380. The van der Waals surface area contributed by atoms with Gasteiger partial charge in [0, 0.05) is 18.6 Å². The number of rotatable bonds is 6.